The molecule has 0 saturated heterocycles. The SMILES string of the molecule is O=C[C@H]1C[C@@H]1[C@H]1C[C@@H]1c1ccccc1. The van der Waals surface area contributed by atoms with Gasteiger partial charge in [-0.05, 0) is 36.2 Å². The van der Waals surface area contributed by atoms with Gasteiger partial charge in [0.05, 0.1) is 0 Å². The Morgan fingerprint density at radius 1 is 1.07 bits per heavy atom. The van der Waals surface area contributed by atoms with E-state index in [4.69, 9.17) is 0 Å². The molecule has 0 amide bonds. The van der Waals surface area contributed by atoms with Crippen LogP contribution in [0.15, 0.2) is 30.3 Å². The number of rotatable bonds is 3. The van der Waals surface area contributed by atoms with Crippen LogP contribution in [-0.2, 0) is 4.79 Å². The zero-order valence-electron chi connectivity index (χ0n) is 8.10. The van der Waals surface area contributed by atoms with Crippen molar-refractivity contribution in [2.75, 3.05) is 0 Å². The fourth-order valence-electron chi connectivity index (χ4n) is 2.66. The molecule has 0 spiro atoms. The predicted octanol–water partition coefficient (Wildman–Crippen LogP) is 2.63. The molecule has 14 heavy (non-hydrogen) atoms. The van der Waals surface area contributed by atoms with Gasteiger partial charge in [-0.3, -0.25) is 0 Å². The molecule has 1 nitrogen and oxygen atoms in total. The van der Waals surface area contributed by atoms with Gasteiger partial charge in [-0.1, -0.05) is 30.3 Å². The molecule has 2 aliphatic rings. The summed E-state index contributed by atoms with van der Waals surface area (Å²) in [5.74, 6) is 2.69. The van der Waals surface area contributed by atoms with Gasteiger partial charge in [0.2, 0.25) is 0 Å². The molecule has 72 valence electrons. The Kier molecular flexibility index (Phi) is 1.73. The van der Waals surface area contributed by atoms with Gasteiger partial charge in [0.25, 0.3) is 0 Å². The Morgan fingerprint density at radius 2 is 1.86 bits per heavy atom. The number of hydrogen-bond acceptors (Lipinski definition) is 1. The van der Waals surface area contributed by atoms with Crippen LogP contribution in [0.1, 0.15) is 24.3 Å². The van der Waals surface area contributed by atoms with Gasteiger partial charge in [-0.2, -0.15) is 0 Å². The van der Waals surface area contributed by atoms with Crippen LogP contribution >= 0.6 is 0 Å². The van der Waals surface area contributed by atoms with E-state index in [1.165, 1.54) is 12.0 Å². The Bertz CT molecular complexity index is 344. The minimum atomic E-state index is 0.397. The molecule has 2 saturated carbocycles. The highest BCUT2D eigenvalue weighted by Gasteiger charge is 2.53. The summed E-state index contributed by atoms with van der Waals surface area (Å²) in [6.45, 7) is 0. The molecule has 0 aliphatic heterocycles. The molecule has 3 rings (SSSR count). The fraction of sp³-hybridized carbons (Fsp3) is 0.462. The maximum Gasteiger partial charge on any atom is 0.123 e. The Balaban J connectivity index is 1.67. The first-order valence-electron chi connectivity index (χ1n) is 5.40. The number of carbonyl (C=O) groups is 1. The molecule has 2 fully saturated rings. The standard InChI is InChI=1S/C13H14O/c14-8-10-6-11(10)13-7-12(13)9-4-2-1-3-5-9/h1-5,8,10-13H,6-7H2/t10-,11+,12-,13-/m1/s1. The highest BCUT2D eigenvalue weighted by molar-refractivity contribution is 5.58. The van der Waals surface area contributed by atoms with Crippen molar-refractivity contribution in [3.05, 3.63) is 35.9 Å². The molecule has 1 aromatic rings. The van der Waals surface area contributed by atoms with Crippen LogP contribution in [0.4, 0.5) is 0 Å². The van der Waals surface area contributed by atoms with E-state index in [1.807, 2.05) is 0 Å². The van der Waals surface area contributed by atoms with E-state index in [2.05, 4.69) is 30.3 Å². The monoisotopic (exact) mass is 186 g/mol. The van der Waals surface area contributed by atoms with Gasteiger partial charge < -0.3 is 4.79 Å². The lowest BCUT2D eigenvalue weighted by Crippen LogP contribution is -1.89. The lowest BCUT2D eigenvalue weighted by atomic mass is 10.1. The number of aldehydes is 1. The highest BCUT2D eigenvalue weighted by atomic mass is 16.1. The largest absolute Gasteiger partial charge is 0.303 e. The molecule has 1 aromatic carbocycles. The van der Waals surface area contributed by atoms with Gasteiger partial charge in [0.1, 0.15) is 6.29 Å². The smallest absolute Gasteiger partial charge is 0.123 e. The summed E-state index contributed by atoms with van der Waals surface area (Å²) in [6, 6.07) is 10.7. The number of hydrogen-bond donors (Lipinski definition) is 0. The van der Waals surface area contributed by atoms with E-state index in [0.29, 0.717) is 5.92 Å². The predicted molar refractivity (Wildman–Crippen MR) is 55.0 cm³/mol. The summed E-state index contributed by atoms with van der Waals surface area (Å²) >= 11 is 0. The van der Waals surface area contributed by atoms with Crippen molar-refractivity contribution in [3.8, 4) is 0 Å². The summed E-state index contributed by atoms with van der Waals surface area (Å²) in [7, 11) is 0. The Labute approximate surface area is 84.1 Å². The van der Waals surface area contributed by atoms with Gasteiger partial charge in [0, 0.05) is 5.92 Å². The van der Waals surface area contributed by atoms with E-state index in [1.54, 1.807) is 0 Å². The van der Waals surface area contributed by atoms with Gasteiger partial charge in [0.15, 0.2) is 0 Å². The van der Waals surface area contributed by atoms with Crippen molar-refractivity contribution < 1.29 is 4.79 Å². The van der Waals surface area contributed by atoms with Gasteiger partial charge in [-0.25, -0.2) is 0 Å². The third-order valence-electron chi connectivity index (χ3n) is 3.68. The van der Waals surface area contributed by atoms with E-state index in [0.717, 1.165) is 30.5 Å². The Morgan fingerprint density at radius 3 is 2.50 bits per heavy atom. The fourth-order valence-corrected chi connectivity index (χ4v) is 2.66. The van der Waals surface area contributed by atoms with Gasteiger partial charge in [-0.15, -0.1) is 0 Å². The van der Waals surface area contributed by atoms with Crippen molar-refractivity contribution in [2.24, 2.45) is 17.8 Å². The van der Waals surface area contributed by atoms with Crippen molar-refractivity contribution >= 4 is 6.29 Å². The van der Waals surface area contributed by atoms with Crippen molar-refractivity contribution in [1.82, 2.24) is 0 Å². The topological polar surface area (TPSA) is 17.1 Å². The number of benzene rings is 1. The second-order valence-electron chi connectivity index (χ2n) is 4.62. The van der Waals surface area contributed by atoms with Crippen LogP contribution in [0.3, 0.4) is 0 Å². The first-order valence-corrected chi connectivity index (χ1v) is 5.40. The van der Waals surface area contributed by atoms with Crippen LogP contribution in [0.2, 0.25) is 0 Å². The molecule has 0 heterocycles. The van der Waals surface area contributed by atoms with Crippen molar-refractivity contribution in [1.29, 1.82) is 0 Å². The lowest BCUT2D eigenvalue weighted by molar-refractivity contribution is -0.109. The lowest BCUT2D eigenvalue weighted by Gasteiger charge is -1.97. The van der Waals surface area contributed by atoms with E-state index in [-0.39, 0.29) is 0 Å². The molecule has 0 unspecified atom stereocenters. The minimum Gasteiger partial charge on any atom is -0.303 e. The molecule has 2 aliphatic carbocycles. The summed E-state index contributed by atoms with van der Waals surface area (Å²) in [6.07, 6.45) is 3.60. The maximum absolute atomic E-state index is 10.6. The summed E-state index contributed by atoms with van der Waals surface area (Å²) in [5, 5.41) is 0. The minimum absolute atomic E-state index is 0.397. The summed E-state index contributed by atoms with van der Waals surface area (Å²) in [5.41, 5.74) is 1.47. The van der Waals surface area contributed by atoms with Crippen molar-refractivity contribution in [2.45, 2.75) is 18.8 Å². The average Bonchev–Trinajstić information content (AvgIpc) is 3.12. The third-order valence-corrected chi connectivity index (χ3v) is 3.68. The van der Waals surface area contributed by atoms with Crippen LogP contribution in [0.25, 0.3) is 0 Å². The quantitative estimate of drug-likeness (QED) is 0.663. The van der Waals surface area contributed by atoms with Crippen LogP contribution < -0.4 is 0 Å². The molecule has 0 aromatic heterocycles. The molecular formula is C13H14O. The molecule has 0 bridgehead atoms. The van der Waals surface area contributed by atoms with E-state index >= 15 is 0 Å². The molecular weight excluding hydrogens is 172 g/mol. The molecule has 1 heteroatoms. The zero-order chi connectivity index (χ0) is 9.54. The van der Waals surface area contributed by atoms with Gasteiger partial charge >= 0.3 is 0 Å². The third kappa shape index (κ3) is 1.28. The number of carbonyl (C=O) groups excluding carboxylic acids is 1. The van der Waals surface area contributed by atoms with Crippen LogP contribution in [0, 0.1) is 17.8 Å². The Hall–Kier alpha value is -1.11. The second kappa shape index (κ2) is 2.94. The van der Waals surface area contributed by atoms with Crippen LogP contribution in [-0.4, -0.2) is 6.29 Å². The normalized spacial score (nSPS) is 39.1. The molecule has 0 radical (unpaired) electrons. The zero-order valence-corrected chi connectivity index (χ0v) is 8.10. The van der Waals surface area contributed by atoms with Crippen molar-refractivity contribution in [3.63, 3.8) is 0 Å². The molecule has 0 N–H and O–H groups in total. The summed E-state index contributed by atoms with van der Waals surface area (Å²) < 4.78 is 0. The van der Waals surface area contributed by atoms with Crippen LogP contribution in [0.5, 0.6) is 0 Å². The highest BCUT2D eigenvalue weighted by Crippen LogP contribution is 2.61. The molecule has 4 atom stereocenters. The first kappa shape index (κ1) is 8.22. The van der Waals surface area contributed by atoms with E-state index in [9.17, 15) is 4.79 Å². The summed E-state index contributed by atoms with van der Waals surface area (Å²) in [4.78, 5) is 10.6. The average molecular weight is 186 g/mol. The maximum atomic E-state index is 10.6. The second-order valence-corrected chi connectivity index (χ2v) is 4.62. The first-order chi connectivity index (χ1) is 6.90. The van der Waals surface area contributed by atoms with E-state index < -0.39 is 0 Å².